The highest BCUT2D eigenvalue weighted by Gasteiger charge is 2.25. The highest BCUT2D eigenvalue weighted by Crippen LogP contribution is 2.33. The van der Waals surface area contributed by atoms with Crippen molar-refractivity contribution >= 4 is 0 Å². The molecule has 1 heterocycles. The van der Waals surface area contributed by atoms with Gasteiger partial charge in [-0.15, -0.1) is 5.10 Å². The predicted octanol–water partition coefficient (Wildman–Crippen LogP) is 1.85. The maximum absolute atomic E-state index is 5.85. The van der Waals surface area contributed by atoms with E-state index >= 15 is 0 Å². The van der Waals surface area contributed by atoms with Gasteiger partial charge in [0.1, 0.15) is 0 Å². The molecule has 1 aromatic rings. The molecule has 2 unspecified atom stereocenters. The summed E-state index contributed by atoms with van der Waals surface area (Å²) in [5.74, 6) is 2.55. The maximum Gasteiger partial charge on any atom is 0.153 e. The van der Waals surface area contributed by atoms with Crippen LogP contribution in [0.5, 0.6) is 0 Å². The van der Waals surface area contributed by atoms with E-state index in [-0.39, 0.29) is 5.92 Å². The fraction of sp³-hybridized carbons (Fsp3) is 0.917. The third kappa shape index (κ3) is 3.25. The normalized spacial score (nSPS) is 21.3. The molecular weight excluding hydrogens is 214 g/mol. The Morgan fingerprint density at radius 3 is 2.71 bits per heavy atom. The lowest BCUT2D eigenvalue weighted by atomic mass is 9.79. The standard InChI is InChI=1S/C12H23N5/c1-9(7-10-5-3-2-4-6-10)11(8-13)12-14-16-17-15-12/h9-11H,2-8,13H2,1H3,(H,14,15,16,17). The molecule has 5 heteroatoms. The SMILES string of the molecule is CC(CC1CCCCC1)C(CN)c1nnn[nH]1. The van der Waals surface area contributed by atoms with Gasteiger partial charge in [-0.2, -0.15) is 0 Å². The highest BCUT2D eigenvalue weighted by molar-refractivity contribution is 4.95. The zero-order chi connectivity index (χ0) is 12.1. The second-order valence-electron chi connectivity index (χ2n) is 5.35. The number of aromatic amines is 1. The largest absolute Gasteiger partial charge is 0.330 e. The Morgan fingerprint density at radius 2 is 2.12 bits per heavy atom. The van der Waals surface area contributed by atoms with E-state index in [1.165, 1.54) is 38.5 Å². The van der Waals surface area contributed by atoms with Crippen molar-refractivity contribution in [2.24, 2.45) is 17.6 Å². The molecule has 1 aliphatic rings. The summed E-state index contributed by atoms with van der Waals surface area (Å²) in [4.78, 5) is 0. The highest BCUT2D eigenvalue weighted by atomic mass is 15.5. The molecule has 0 aliphatic heterocycles. The summed E-state index contributed by atoms with van der Waals surface area (Å²) in [6, 6.07) is 0. The average Bonchev–Trinajstić information content (AvgIpc) is 2.85. The molecule has 2 rings (SSSR count). The first-order valence-electron chi connectivity index (χ1n) is 6.75. The molecule has 1 fully saturated rings. The number of tetrazole rings is 1. The Bertz CT molecular complexity index is 305. The van der Waals surface area contributed by atoms with Crippen molar-refractivity contribution < 1.29 is 0 Å². The van der Waals surface area contributed by atoms with Crippen LogP contribution in [0.15, 0.2) is 0 Å². The summed E-state index contributed by atoms with van der Waals surface area (Å²) in [5, 5.41) is 14.1. The number of H-pyrrole nitrogens is 1. The molecule has 2 atom stereocenters. The Labute approximate surface area is 103 Å². The second-order valence-corrected chi connectivity index (χ2v) is 5.35. The van der Waals surface area contributed by atoms with E-state index in [4.69, 9.17) is 5.73 Å². The molecule has 1 aromatic heterocycles. The average molecular weight is 237 g/mol. The van der Waals surface area contributed by atoms with E-state index in [1.807, 2.05) is 0 Å². The summed E-state index contributed by atoms with van der Waals surface area (Å²) in [7, 11) is 0. The van der Waals surface area contributed by atoms with Gasteiger partial charge in [0.15, 0.2) is 5.82 Å². The van der Waals surface area contributed by atoms with Crippen molar-refractivity contribution in [2.75, 3.05) is 6.54 Å². The minimum absolute atomic E-state index is 0.270. The van der Waals surface area contributed by atoms with Crippen LogP contribution in [0.25, 0.3) is 0 Å². The number of rotatable bonds is 5. The van der Waals surface area contributed by atoms with Crippen molar-refractivity contribution in [1.82, 2.24) is 20.6 Å². The smallest absolute Gasteiger partial charge is 0.153 e. The minimum atomic E-state index is 0.270. The van der Waals surface area contributed by atoms with Gasteiger partial charge < -0.3 is 5.73 Å². The Hall–Kier alpha value is -0.970. The minimum Gasteiger partial charge on any atom is -0.330 e. The van der Waals surface area contributed by atoms with Crippen LogP contribution in [0.2, 0.25) is 0 Å². The molecule has 0 radical (unpaired) electrons. The van der Waals surface area contributed by atoms with Crippen molar-refractivity contribution in [3.8, 4) is 0 Å². The van der Waals surface area contributed by atoms with E-state index in [0.717, 1.165) is 11.7 Å². The Kier molecular flexibility index (Phi) is 4.48. The molecule has 5 nitrogen and oxygen atoms in total. The molecule has 0 bridgehead atoms. The van der Waals surface area contributed by atoms with Gasteiger partial charge >= 0.3 is 0 Å². The number of nitrogens with one attached hydrogen (secondary N) is 1. The van der Waals surface area contributed by atoms with Crippen LogP contribution in [0.1, 0.15) is 57.2 Å². The molecule has 3 N–H and O–H groups in total. The number of nitrogens with two attached hydrogens (primary N) is 1. The van der Waals surface area contributed by atoms with E-state index < -0.39 is 0 Å². The third-order valence-electron chi connectivity index (χ3n) is 4.08. The zero-order valence-electron chi connectivity index (χ0n) is 10.6. The van der Waals surface area contributed by atoms with Gasteiger partial charge in [-0.3, -0.25) is 0 Å². The van der Waals surface area contributed by atoms with Crippen LogP contribution in [0.4, 0.5) is 0 Å². The first kappa shape index (κ1) is 12.5. The van der Waals surface area contributed by atoms with Crippen LogP contribution >= 0.6 is 0 Å². The monoisotopic (exact) mass is 237 g/mol. The zero-order valence-corrected chi connectivity index (χ0v) is 10.6. The molecule has 1 aliphatic carbocycles. The van der Waals surface area contributed by atoms with Crippen LogP contribution < -0.4 is 5.73 Å². The third-order valence-corrected chi connectivity index (χ3v) is 4.08. The number of hydrogen-bond donors (Lipinski definition) is 2. The summed E-state index contributed by atoms with van der Waals surface area (Å²) < 4.78 is 0. The Morgan fingerprint density at radius 1 is 1.35 bits per heavy atom. The molecule has 96 valence electrons. The van der Waals surface area contributed by atoms with Crippen molar-refractivity contribution in [1.29, 1.82) is 0 Å². The molecule has 0 saturated heterocycles. The van der Waals surface area contributed by atoms with E-state index in [9.17, 15) is 0 Å². The summed E-state index contributed by atoms with van der Waals surface area (Å²) >= 11 is 0. The quantitative estimate of drug-likeness (QED) is 0.819. The summed E-state index contributed by atoms with van der Waals surface area (Å²) in [6.45, 7) is 2.89. The molecule has 0 amide bonds. The number of hydrogen-bond acceptors (Lipinski definition) is 4. The fourth-order valence-corrected chi connectivity index (χ4v) is 3.05. The van der Waals surface area contributed by atoms with Gasteiger partial charge in [0, 0.05) is 12.5 Å². The van der Waals surface area contributed by atoms with E-state index in [0.29, 0.717) is 12.5 Å². The molecule has 0 aromatic carbocycles. The molecule has 17 heavy (non-hydrogen) atoms. The lowest BCUT2D eigenvalue weighted by molar-refractivity contribution is 0.273. The van der Waals surface area contributed by atoms with Crippen LogP contribution in [0.3, 0.4) is 0 Å². The number of nitrogens with zero attached hydrogens (tertiary/aromatic N) is 3. The lowest BCUT2D eigenvalue weighted by Gasteiger charge is -2.27. The van der Waals surface area contributed by atoms with E-state index in [2.05, 4.69) is 27.5 Å². The molecule has 1 saturated carbocycles. The molecule has 0 spiro atoms. The van der Waals surface area contributed by atoms with Gasteiger partial charge in [-0.1, -0.05) is 39.0 Å². The first-order chi connectivity index (χ1) is 8.31. The summed E-state index contributed by atoms with van der Waals surface area (Å²) in [6.07, 6.45) is 8.23. The lowest BCUT2D eigenvalue weighted by Crippen LogP contribution is -2.23. The van der Waals surface area contributed by atoms with E-state index in [1.54, 1.807) is 0 Å². The predicted molar refractivity (Wildman–Crippen MR) is 66.3 cm³/mol. The van der Waals surface area contributed by atoms with Crippen LogP contribution in [0, 0.1) is 11.8 Å². The van der Waals surface area contributed by atoms with Crippen molar-refractivity contribution in [3.63, 3.8) is 0 Å². The fourth-order valence-electron chi connectivity index (χ4n) is 3.05. The van der Waals surface area contributed by atoms with Gasteiger partial charge in [0.2, 0.25) is 0 Å². The number of aromatic nitrogens is 4. The summed E-state index contributed by atoms with van der Waals surface area (Å²) in [5.41, 5.74) is 5.85. The van der Waals surface area contributed by atoms with Crippen molar-refractivity contribution in [2.45, 2.75) is 51.4 Å². The molecular formula is C12H23N5. The van der Waals surface area contributed by atoms with Crippen LogP contribution in [-0.4, -0.2) is 27.2 Å². The maximum atomic E-state index is 5.85. The topological polar surface area (TPSA) is 80.5 Å². The van der Waals surface area contributed by atoms with Gasteiger partial charge in [-0.25, -0.2) is 5.10 Å². The van der Waals surface area contributed by atoms with Crippen LogP contribution in [-0.2, 0) is 0 Å². The second kappa shape index (κ2) is 6.10. The van der Waals surface area contributed by atoms with Crippen molar-refractivity contribution in [3.05, 3.63) is 5.82 Å². The van der Waals surface area contributed by atoms with Gasteiger partial charge in [0.05, 0.1) is 0 Å². The first-order valence-corrected chi connectivity index (χ1v) is 6.75. The van der Waals surface area contributed by atoms with Gasteiger partial charge in [-0.05, 0) is 28.7 Å². The van der Waals surface area contributed by atoms with Gasteiger partial charge in [0.25, 0.3) is 0 Å². The Balaban J connectivity index is 1.90.